The first-order valence-electron chi connectivity index (χ1n) is 14.4. The largest absolute Gasteiger partial charge is 0.481 e. The highest BCUT2D eigenvalue weighted by atomic mass is 32.2. The Balaban J connectivity index is 0.000000782. The zero-order valence-corrected chi connectivity index (χ0v) is 24.6. The van der Waals surface area contributed by atoms with E-state index in [1.807, 2.05) is 0 Å². The Labute approximate surface area is 248 Å². The van der Waals surface area contributed by atoms with Gasteiger partial charge in [-0.25, -0.2) is 8.42 Å². The van der Waals surface area contributed by atoms with Crippen molar-refractivity contribution in [1.29, 1.82) is 5.26 Å². The molecule has 3 heterocycles. The van der Waals surface area contributed by atoms with E-state index in [0.717, 1.165) is 50.7 Å². The van der Waals surface area contributed by atoms with Crippen molar-refractivity contribution in [2.45, 2.75) is 91.9 Å². The van der Waals surface area contributed by atoms with Crippen molar-refractivity contribution in [2.75, 3.05) is 26.2 Å². The van der Waals surface area contributed by atoms with Gasteiger partial charge in [-0.3, -0.25) is 19.3 Å². The second-order valence-corrected chi connectivity index (χ2v) is 13.6. The summed E-state index contributed by atoms with van der Waals surface area (Å²) in [5, 5.41) is 21.8. The van der Waals surface area contributed by atoms with Gasteiger partial charge < -0.3 is 20.6 Å². The number of piperidine rings is 1. The molecular weight excluding hydrogens is 591 g/mol. The summed E-state index contributed by atoms with van der Waals surface area (Å²) in [4.78, 5) is 39.2. The van der Waals surface area contributed by atoms with E-state index in [0.29, 0.717) is 25.3 Å². The minimum absolute atomic E-state index is 0.215. The summed E-state index contributed by atoms with van der Waals surface area (Å²) in [6.45, 7) is 3.71. The zero-order valence-electron chi connectivity index (χ0n) is 23.8. The molecule has 0 bridgehead atoms. The molecule has 4 fully saturated rings. The van der Waals surface area contributed by atoms with Crippen LogP contribution in [0.2, 0.25) is 0 Å². The fourth-order valence-corrected chi connectivity index (χ4v) is 7.44. The van der Waals surface area contributed by atoms with E-state index >= 15 is 0 Å². The van der Waals surface area contributed by atoms with Gasteiger partial charge >= 0.3 is 12.1 Å². The van der Waals surface area contributed by atoms with Gasteiger partial charge in [0.05, 0.1) is 27.8 Å². The van der Waals surface area contributed by atoms with Gasteiger partial charge in [-0.2, -0.15) is 18.4 Å². The van der Waals surface area contributed by atoms with E-state index in [2.05, 4.69) is 21.6 Å². The molecule has 0 radical (unpaired) electrons. The SMILES string of the molecule is CCC(=O)O.N#CC1(NC(=O)[C@@H]2C[C@@H](S(=O)(=O)c3cccc(C(F)(F)F)c3)CN2C(=O)C2CCN2C2CCNCC2)CC1. The third kappa shape index (κ3) is 7.30. The van der Waals surface area contributed by atoms with Gasteiger partial charge in [0.2, 0.25) is 11.8 Å². The summed E-state index contributed by atoms with van der Waals surface area (Å²) in [5.41, 5.74) is -2.10. The summed E-state index contributed by atoms with van der Waals surface area (Å²) < 4.78 is 66.7. The Morgan fingerprint density at radius 2 is 1.81 bits per heavy atom. The van der Waals surface area contributed by atoms with E-state index in [1.54, 1.807) is 6.92 Å². The van der Waals surface area contributed by atoms with Crippen LogP contribution in [0.25, 0.3) is 0 Å². The molecule has 1 unspecified atom stereocenters. The minimum Gasteiger partial charge on any atom is -0.481 e. The van der Waals surface area contributed by atoms with Crippen LogP contribution < -0.4 is 10.6 Å². The van der Waals surface area contributed by atoms with Gasteiger partial charge in [-0.05, 0) is 69.8 Å². The molecule has 2 amide bonds. The Kier molecular flexibility index (Phi) is 9.72. The first-order valence-corrected chi connectivity index (χ1v) is 15.9. The number of carboxylic acids is 1. The number of nitrogens with one attached hydrogen (secondary N) is 2. The third-order valence-electron chi connectivity index (χ3n) is 8.53. The number of hydrogen-bond acceptors (Lipinski definition) is 8. The molecule has 1 aliphatic carbocycles. The lowest BCUT2D eigenvalue weighted by Crippen LogP contribution is -2.63. The van der Waals surface area contributed by atoms with Crippen LogP contribution in [0.1, 0.15) is 57.4 Å². The first kappa shape index (κ1) is 32.7. The van der Waals surface area contributed by atoms with E-state index in [-0.39, 0.29) is 31.3 Å². The number of rotatable bonds is 7. The molecule has 15 heteroatoms. The van der Waals surface area contributed by atoms with E-state index < -0.39 is 61.2 Å². The maximum absolute atomic E-state index is 13.7. The van der Waals surface area contributed by atoms with Crippen LogP contribution in [0.3, 0.4) is 0 Å². The van der Waals surface area contributed by atoms with Crippen molar-refractivity contribution >= 4 is 27.6 Å². The van der Waals surface area contributed by atoms with E-state index in [9.17, 15) is 41.2 Å². The van der Waals surface area contributed by atoms with Crippen LogP contribution in [-0.4, -0.2) is 96.2 Å². The van der Waals surface area contributed by atoms with Crippen molar-refractivity contribution in [3.05, 3.63) is 29.8 Å². The molecule has 3 N–H and O–H groups in total. The lowest BCUT2D eigenvalue weighted by Gasteiger charge is -2.48. The predicted molar refractivity (Wildman–Crippen MR) is 147 cm³/mol. The summed E-state index contributed by atoms with van der Waals surface area (Å²) in [6, 6.07) is 4.19. The lowest BCUT2D eigenvalue weighted by atomic mass is 9.93. The van der Waals surface area contributed by atoms with Gasteiger partial charge in [0, 0.05) is 25.6 Å². The summed E-state index contributed by atoms with van der Waals surface area (Å²) in [6.07, 6.45) is -1.47. The van der Waals surface area contributed by atoms with Gasteiger partial charge in [-0.15, -0.1) is 0 Å². The highest BCUT2D eigenvalue weighted by Gasteiger charge is 2.52. The average Bonchev–Trinajstić information content (AvgIpc) is 3.57. The third-order valence-corrected chi connectivity index (χ3v) is 10.7. The molecular formula is C28H36F3N5O6S. The number of carboxylic acid groups (broad SMARTS) is 1. The maximum atomic E-state index is 13.7. The van der Waals surface area contributed by atoms with Crippen LogP contribution in [-0.2, 0) is 30.4 Å². The highest BCUT2D eigenvalue weighted by molar-refractivity contribution is 7.92. The van der Waals surface area contributed by atoms with Gasteiger partial charge in [0.1, 0.15) is 11.6 Å². The molecule has 3 atom stereocenters. The fourth-order valence-electron chi connectivity index (χ4n) is 5.70. The standard InChI is InChI=1S/C25H30F3N5O4S.C3H6O2/c26-25(27,28)16-2-1-3-18(12-16)38(36,37)19-13-21(22(34)31-24(15-29)7-8-24)33(14-19)23(35)20-6-11-32(20)17-4-9-30-10-5-17;1-2-3(4)5/h1-3,12,17,19-21,30H,4-11,13-14H2,(H,31,34);2H2,1H3,(H,4,5)/t19-,20?,21+;/m1./s1. The Morgan fingerprint density at radius 1 is 1.16 bits per heavy atom. The molecule has 0 aromatic heterocycles. The molecule has 1 aromatic rings. The second kappa shape index (κ2) is 12.8. The lowest BCUT2D eigenvalue weighted by molar-refractivity contribution is -0.148. The van der Waals surface area contributed by atoms with Crippen LogP contribution in [0.15, 0.2) is 29.2 Å². The molecule has 3 saturated heterocycles. The fraction of sp³-hybridized carbons (Fsp3) is 0.643. The number of sulfone groups is 1. The van der Waals surface area contributed by atoms with Gasteiger partial charge in [0.25, 0.3) is 0 Å². The first-order chi connectivity index (χ1) is 20.2. The number of carbonyl (C=O) groups is 3. The summed E-state index contributed by atoms with van der Waals surface area (Å²) >= 11 is 0. The minimum atomic E-state index is -4.72. The topological polar surface area (TPSA) is 160 Å². The van der Waals surface area contributed by atoms with Crippen molar-refractivity contribution in [1.82, 2.24) is 20.4 Å². The molecule has 11 nitrogen and oxygen atoms in total. The number of carbonyl (C=O) groups excluding carboxylic acids is 2. The average molecular weight is 628 g/mol. The van der Waals surface area contributed by atoms with Crippen LogP contribution in [0.4, 0.5) is 13.2 Å². The normalized spacial score (nSPS) is 25.5. The Bertz CT molecular complexity index is 1370. The molecule has 43 heavy (non-hydrogen) atoms. The molecule has 4 aliphatic rings. The predicted octanol–water partition coefficient (Wildman–Crippen LogP) is 1.93. The van der Waals surface area contributed by atoms with Gasteiger partial charge in [-0.1, -0.05) is 13.0 Å². The maximum Gasteiger partial charge on any atom is 0.416 e. The number of amides is 2. The molecule has 1 aromatic carbocycles. The molecule has 0 spiro atoms. The van der Waals surface area contributed by atoms with Crippen LogP contribution >= 0.6 is 0 Å². The summed E-state index contributed by atoms with van der Waals surface area (Å²) in [7, 11) is -4.30. The quantitative estimate of drug-likeness (QED) is 0.411. The van der Waals surface area contributed by atoms with E-state index in [1.165, 1.54) is 4.90 Å². The van der Waals surface area contributed by atoms with Crippen molar-refractivity contribution < 1.29 is 41.1 Å². The smallest absolute Gasteiger partial charge is 0.416 e. The number of halogens is 3. The van der Waals surface area contributed by atoms with Crippen LogP contribution in [0, 0.1) is 11.3 Å². The number of nitrogens with zero attached hydrogens (tertiary/aromatic N) is 3. The van der Waals surface area contributed by atoms with Gasteiger partial charge in [0.15, 0.2) is 9.84 Å². The number of nitriles is 1. The van der Waals surface area contributed by atoms with Crippen molar-refractivity contribution in [3.8, 4) is 6.07 Å². The number of likely N-dealkylation sites (tertiary alicyclic amines) is 2. The zero-order chi connectivity index (χ0) is 31.6. The molecule has 236 valence electrons. The van der Waals surface area contributed by atoms with Crippen LogP contribution in [0.5, 0.6) is 0 Å². The van der Waals surface area contributed by atoms with Crippen molar-refractivity contribution in [3.63, 3.8) is 0 Å². The number of benzene rings is 1. The monoisotopic (exact) mass is 627 g/mol. The number of alkyl halides is 3. The molecule has 5 rings (SSSR count). The molecule has 1 saturated carbocycles. The van der Waals surface area contributed by atoms with Crippen molar-refractivity contribution in [2.24, 2.45) is 0 Å². The Hall–Kier alpha value is -3.22. The Morgan fingerprint density at radius 3 is 2.33 bits per heavy atom. The number of hydrogen-bond donors (Lipinski definition) is 3. The number of aliphatic carboxylic acids is 1. The molecule has 3 aliphatic heterocycles. The highest BCUT2D eigenvalue weighted by Crippen LogP contribution is 2.38. The second-order valence-electron chi connectivity index (χ2n) is 11.4. The van der Waals surface area contributed by atoms with E-state index in [4.69, 9.17) is 5.11 Å². The summed E-state index contributed by atoms with van der Waals surface area (Å²) in [5.74, 6) is -1.70.